The van der Waals surface area contributed by atoms with E-state index >= 15 is 0 Å². The van der Waals surface area contributed by atoms with Gasteiger partial charge >= 0.3 is 18.2 Å². The number of halogens is 3. The van der Waals surface area contributed by atoms with Gasteiger partial charge in [-0.25, -0.2) is 0 Å². The predicted octanol–water partition coefficient (Wildman–Crippen LogP) is 3.79. The average Bonchev–Trinajstić information content (AvgIpc) is 2.96. The number of aromatic nitrogens is 2. The number of anilines is 2. The molecule has 1 aromatic heterocycles. The molecule has 1 amide bonds. The Balaban J connectivity index is 1.47. The van der Waals surface area contributed by atoms with Crippen LogP contribution in [-0.4, -0.2) is 52.9 Å². The summed E-state index contributed by atoms with van der Waals surface area (Å²) in [4.78, 5) is 33.1. The van der Waals surface area contributed by atoms with Crippen LogP contribution in [0.1, 0.15) is 53.9 Å². The molecule has 0 unspecified atom stereocenters. The maximum atomic E-state index is 13.2. The number of amides is 1. The Morgan fingerprint density at radius 2 is 1.86 bits per heavy atom. The van der Waals surface area contributed by atoms with Gasteiger partial charge in [-0.3, -0.25) is 9.59 Å². The second-order valence-electron chi connectivity index (χ2n) is 8.69. The maximum absolute atomic E-state index is 13.2. The number of carbonyl (C=O) groups excluding carboxylic acids is 1. The van der Waals surface area contributed by atoms with E-state index in [2.05, 4.69) is 14.7 Å². The normalized spacial score (nSPS) is 20.5. The van der Waals surface area contributed by atoms with Crippen LogP contribution in [0.25, 0.3) is 0 Å². The van der Waals surface area contributed by atoms with Gasteiger partial charge in [-0.05, 0) is 55.2 Å². The lowest BCUT2D eigenvalue weighted by atomic mass is 9.77. The van der Waals surface area contributed by atoms with Gasteiger partial charge in [-0.1, -0.05) is 12.1 Å². The second kappa shape index (κ2) is 9.96. The Bertz CT molecular complexity index is 1090. The largest absolute Gasteiger partial charge is 0.481 e. The lowest BCUT2D eigenvalue weighted by Gasteiger charge is -2.28. The third kappa shape index (κ3) is 5.92. The molecule has 0 spiro atoms. The fraction of sp³-hybridized carbons (Fsp3) is 0.478. The molecule has 0 atom stereocenters. The first-order valence-electron chi connectivity index (χ1n) is 11.2. The van der Waals surface area contributed by atoms with Crippen molar-refractivity contribution < 1.29 is 37.3 Å². The van der Waals surface area contributed by atoms with Crippen LogP contribution >= 0.6 is 0 Å². The summed E-state index contributed by atoms with van der Waals surface area (Å²) in [6.07, 6.45) is -0.824. The average molecular weight is 494 g/mol. The quantitative estimate of drug-likeness (QED) is 0.621. The van der Waals surface area contributed by atoms with Crippen molar-refractivity contribution in [2.24, 2.45) is 5.92 Å². The molecule has 1 aliphatic carbocycles. The number of carbonyl (C=O) groups is 2. The topological polar surface area (TPSA) is 128 Å². The number of fused-ring (bicyclic) bond motifs is 1. The van der Waals surface area contributed by atoms with E-state index < -0.39 is 30.7 Å². The maximum Gasteiger partial charge on any atom is 0.422 e. The van der Waals surface area contributed by atoms with Gasteiger partial charge in [0.2, 0.25) is 5.88 Å². The van der Waals surface area contributed by atoms with Gasteiger partial charge < -0.3 is 25.2 Å². The third-order valence-electron chi connectivity index (χ3n) is 6.25. The van der Waals surface area contributed by atoms with E-state index in [0.29, 0.717) is 11.6 Å². The molecule has 12 heteroatoms. The summed E-state index contributed by atoms with van der Waals surface area (Å²) < 4.78 is 47.3. The van der Waals surface area contributed by atoms with Crippen molar-refractivity contribution in [2.45, 2.75) is 44.2 Å². The zero-order chi connectivity index (χ0) is 25.2. The number of benzene rings is 1. The molecule has 2 heterocycles. The second-order valence-corrected chi connectivity index (χ2v) is 8.69. The number of nitrogen functional groups attached to an aromatic ring is 1. The van der Waals surface area contributed by atoms with Crippen LogP contribution in [0.15, 0.2) is 24.3 Å². The number of hydrogen-bond acceptors (Lipinski definition) is 7. The van der Waals surface area contributed by atoms with Gasteiger partial charge in [0.05, 0.1) is 6.54 Å². The molecule has 2 aromatic rings. The van der Waals surface area contributed by atoms with Crippen LogP contribution in [0.3, 0.4) is 0 Å². The third-order valence-corrected chi connectivity index (χ3v) is 6.25. The Hall–Kier alpha value is -3.57. The summed E-state index contributed by atoms with van der Waals surface area (Å²) in [5, 5.41) is 8.99. The molecule has 35 heavy (non-hydrogen) atoms. The van der Waals surface area contributed by atoms with Crippen molar-refractivity contribution in [3.05, 3.63) is 35.4 Å². The number of ether oxygens (including phenoxy) is 2. The van der Waals surface area contributed by atoms with Crippen LogP contribution in [0.5, 0.6) is 11.9 Å². The summed E-state index contributed by atoms with van der Waals surface area (Å²) in [5.41, 5.74) is 7.46. The molecular weight excluding hydrogens is 469 g/mol. The minimum atomic E-state index is -4.58. The molecule has 188 valence electrons. The zero-order valence-electron chi connectivity index (χ0n) is 18.8. The highest BCUT2D eigenvalue weighted by Gasteiger charge is 2.32. The minimum absolute atomic E-state index is 0.0449. The van der Waals surface area contributed by atoms with Crippen molar-refractivity contribution in [1.82, 2.24) is 9.97 Å². The lowest BCUT2D eigenvalue weighted by molar-refractivity contribution is -0.154. The van der Waals surface area contributed by atoms with Gasteiger partial charge in [-0.2, -0.15) is 23.1 Å². The first kappa shape index (κ1) is 24.6. The number of hydrogen-bond donors (Lipinski definition) is 2. The van der Waals surface area contributed by atoms with Crippen LogP contribution in [0, 0.1) is 5.92 Å². The van der Waals surface area contributed by atoms with Crippen LogP contribution in [-0.2, 0) is 4.79 Å². The molecule has 3 N–H and O–H groups in total. The Morgan fingerprint density at radius 1 is 1.17 bits per heavy atom. The van der Waals surface area contributed by atoms with E-state index in [9.17, 15) is 22.8 Å². The van der Waals surface area contributed by atoms with Crippen molar-refractivity contribution >= 4 is 23.4 Å². The Kier molecular flexibility index (Phi) is 6.99. The Morgan fingerprint density at radius 3 is 2.49 bits per heavy atom. The molecular formula is C23H25F3N4O5. The first-order chi connectivity index (χ1) is 16.6. The summed E-state index contributed by atoms with van der Waals surface area (Å²) in [7, 11) is 0. The highest BCUT2D eigenvalue weighted by Crippen LogP contribution is 2.38. The van der Waals surface area contributed by atoms with Gasteiger partial charge in [0, 0.05) is 12.1 Å². The number of carboxylic acid groups (broad SMARTS) is 1. The number of rotatable bonds is 6. The first-order valence-corrected chi connectivity index (χ1v) is 11.2. The van der Waals surface area contributed by atoms with Crippen LogP contribution in [0.2, 0.25) is 0 Å². The molecule has 0 saturated heterocycles. The molecule has 9 nitrogen and oxygen atoms in total. The predicted molar refractivity (Wildman–Crippen MR) is 119 cm³/mol. The van der Waals surface area contributed by atoms with Gasteiger partial charge in [0.25, 0.3) is 5.91 Å². The van der Waals surface area contributed by atoms with Crippen LogP contribution in [0.4, 0.5) is 24.7 Å². The van der Waals surface area contributed by atoms with Crippen molar-refractivity contribution in [3.63, 3.8) is 0 Å². The molecule has 4 rings (SSSR count). The summed E-state index contributed by atoms with van der Waals surface area (Å²) in [6, 6.07) is 6.91. The highest BCUT2D eigenvalue weighted by atomic mass is 19.4. The molecule has 0 bridgehead atoms. The fourth-order valence-corrected chi connectivity index (χ4v) is 4.54. The zero-order valence-corrected chi connectivity index (χ0v) is 18.8. The van der Waals surface area contributed by atoms with E-state index in [1.54, 1.807) is 0 Å². The summed E-state index contributed by atoms with van der Waals surface area (Å²) >= 11 is 0. The summed E-state index contributed by atoms with van der Waals surface area (Å²) in [6.45, 7) is -1.38. The van der Waals surface area contributed by atoms with E-state index in [0.717, 1.165) is 31.2 Å². The van der Waals surface area contributed by atoms with E-state index in [1.165, 1.54) is 4.90 Å². The molecule has 0 radical (unpaired) electrons. The SMILES string of the molecule is Nc1nc(OCC(F)(F)F)nc2c1C(=O)N(c1ccc(C3CCC(CC(=O)O)CC3)cc1)CCO2. The molecule has 1 aromatic carbocycles. The Labute approximate surface area is 199 Å². The molecule has 1 saturated carbocycles. The van der Waals surface area contributed by atoms with Gasteiger partial charge in [-0.15, -0.1) is 0 Å². The molecule has 2 aliphatic rings. The molecule has 1 fully saturated rings. The minimum Gasteiger partial charge on any atom is -0.481 e. The van der Waals surface area contributed by atoms with E-state index in [-0.39, 0.29) is 42.8 Å². The van der Waals surface area contributed by atoms with Gasteiger partial charge in [0.1, 0.15) is 18.0 Å². The van der Waals surface area contributed by atoms with E-state index in [4.69, 9.17) is 15.6 Å². The smallest absolute Gasteiger partial charge is 0.422 e. The number of aliphatic carboxylic acids is 1. The number of alkyl halides is 3. The van der Waals surface area contributed by atoms with Gasteiger partial charge in [0.15, 0.2) is 6.61 Å². The molecule has 1 aliphatic heterocycles. The fourth-order valence-electron chi connectivity index (χ4n) is 4.54. The van der Waals surface area contributed by atoms with Crippen molar-refractivity contribution in [2.75, 3.05) is 30.4 Å². The lowest BCUT2D eigenvalue weighted by Crippen LogP contribution is -2.32. The number of nitrogens with two attached hydrogens (primary N) is 1. The summed E-state index contributed by atoms with van der Waals surface area (Å²) in [5.74, 6) is -1.31. The van der Waals surface area contributed by atoms with Crippen LogP contribution < -0.4 is 20.1 Å². The van der Waals surface area contributed by atoms with Crippen molar-refractivity contribution in [3.8, 4) is 11.9 Å². The monoisotopic (exact) mass is 494 g/mol. The van der Waals surface area contributed by atoms with Crippen molar-refractivity contribution in [1.29, 1.82) is 0 Å². The number of nitrogens with zero attached hydrogens (tertiary/aromatic N) is 3. The van der Waals surface area contributed by atoms with E-state index in [1.807, 2.05) is 24.3 Å². The highest BCUT2D eigenvalue weighted by molar-refractivity contribution is 6.10. The standard InChI is InChI=1S/C23H25F3N4O5/c24-23(25,26)12-35-22-28-19(27)18-20(29-22)34-10-9-30(21(18)33)16-7-5-15(6-8-16)14-3-1-13(2-4-14)11-17(31)32/h5-8,13-14H,1-4,9-12H2,(H,31,32)(H2,27,28,29). The number of carboxylic acids is 1.